The molecule has 0 radical (unpaired) electrons. The van der Waals surface area contributed by atoms with E-state index in [0.717, 1.165) is 60.5 Å². The molecule has 3 N–H and O–H groups in total. The lowest BCUT2D eigenvalue weighted by atomic mass is 9.46. The summed E-state index contributed by atoms with van der Waals surface area (Å²) in [5.74, 6) is 5.13. The normalized spacial score (nSPS) is 36.3. The van der Waals surface area contributed by atoms with Gasteiger partial charge in [0.2, 0.25) is 0 Å². The summed E-state index contributed by atoms with van der Waals surface area (Å²) in [6, 6.07) is 5.39. The highest BCUT2D eigenvalue weighted by Gasteiger charge is 2.59. The number of allylic oxidation sites excluding steroid dienone is 2. The van der Waals surface area contributed by atoms with Crippen molar-refractivity contribution in [3.63, 3.8) is 0 Å². The summed E-state index contributed by atoms with van der Waals surface area (Å²) >= 11 is 0. The first-order chi connectivity index (χ1) is 19.5. The molecular formula is C37H60N2O2. The first-order valence-corrected chi connectivity index (χ1v) is 17.0. The van der Waals surface area contributed by atoms with Crippen molar-refractivity contribution in [1.29, 1.82) is 0 Å². The molecule has 4 heteroatoms. The van der Waals surface area contributed by atoms with Gasteiger partial charge in [-0.2, -0.15) is 0 Å². The van der Waals surface area contributed by atoms with Crippen molar-refractivity contribution >= 4 is 17.3 Å². The summed E-state index contributed by atoms with van der Waals surface area (Å²) in [6.07, 6.45) is 18.0. The summed E-state index contributed by atoms with van der Waals surface area (Å²) in [7, 11) is 1.84. The fraction of sp³-hybridized carbons (Fsp3) is 0.757. The smallest absolute Gasteiger partial charge is 0.338 e. The van der Waals surface area contributed by atoms with Gasteiger partial charge in [0.05, 0.1) is 5.56 Å². The molecule has 3 fully saturated rings. The lowest BCUT2D eigenvalue weighted by Gasteiger charge is -2.59. The number of anilines is 2. The number of carbonyl (C=O) groups is 1. The van der Waals surface area contributed by atoms with E-state index < -0.39 is 0 Å². The highest BCUT2D eigenvalue weighted by Crippen LogP contribution is 2.67. The molecule has 230 valence electrons. The lowest BCUT2D eigenvalue weighted by Crippen LogP contribution is -2.52. The van der Waals surface area contributed by atoms with E-state index in [1.165, 1.54) is 44.9 Å². The van der Waals surface area contributed by atoms with Crippen molar-refractivity contribution in [2.75, 3.05) is 18.1 Å². The Morgan fingerprint density at radius 3 is 2.39 bits per heavy atom. The van der Waals surface area contributed by atoms with Crippen LogP contribution in [0.2, 0.25) is 0 Å². The number of nitrogen functional groups attached to an aromatic ring is 1. The summed E-state index contributed by atoms with van der Waals surface area (Å²) < 4.78 is 6.08. The van der Waals surface area contributed by atoms with Crippen LogP contribution in [0.1, 0.15) is 123 Å². The molecule has 0 aromatic heterocycles. The number of esters is 1. The first-order valence-electron chi connectivity index (χ1n) is 17.0. The van der Waals surface area contributed by atoms with Gasteiger partial charge in [-0.05, 0) is 115 Å². The van der Waals surface area contributed by atoms with E-state index in [0.29, 0.717) is 28.0 Å². The van der Waals surface area contributed by atoms with Crippen molar-refractivity contribution in [1.82, 2.24) is 0 Å². The molecular weight excluding hydrogens is 504 g/mol. The Kier molecular flexibility index (Phi) is 10.2. The van der Waals surface area contributed by atoms with Gasteiger partial charge < -0.3 is 15.8 Å². The van der Waals surface area contributed by atoms with Crippen LogP contribution >= 0.6 is 0 Å². The summed E-state index contributed by atoms with van der Waals surface area (Å²) in [5, 5.41) is 3.08. The number of hydrogen-bond donors (Lipinski definition) is 2. The van der Waals surface area contributed by atoms with E-state index in [1.54, 1.807) is 6.07 Å². The van der Waals surface area contributed by atoms with Crippen molar-refractivity contribution < 1.29 is 9.53 Å². The second-order valence-corrected chi connectivity index (χ2v) is 14.7. The molecule has 0 heterocycles. The maximum Gasteiger partial charge on any atom is 0.338 e. The predicted molar refractivity (Wildman–Crippen MR) is 174 cm³/mol. The van der Waals surface area contributed by atoms with E-state index in [-0.39, 0.29) is 12.1 Å². The number of nitrogens with one attached hydrogen (secondary N) is 1. The zero-order chi connectivity index (χ0) is 29.9. The summed E-state index contributed by atoms with van der Waals surface area (Å²) in [6.45, 7) is 16.5. The average Bonchev–Trinajstić information content (AvgIpc) is 3.31. The molecule has 41 heavy (non-hydrogen) atoms. The molecule has 5 rings (SSSR count). The van der Waals surface area contributed by atoms with E-state index >= 15 is 0 Å². The van der Waals surface area contributed by atoms with Crippen LogP contribution in [-0.2, 0) is 4.74 Å². The predicted octanol–water partition coefficient (Wildman–Crippen LogP) is 9.76. The number of nitrogens with two attached hydrogens (primary N) is 1. The van der Waals surface area contributed by atoms with E-state index in [1.807, 2.05) is 33.0 Å². The Bertz CT molecular complexity index is 1070. The molecule has 0 saturated heterocycles. The van der Waals surface area contributed by atoms with Gasteiger partial charge in [-0.3, -0.25) is 0 Å². The van der Waals surface area contributed by atoms with Crippen LogP contribution < -0.4 is 11.1 Å². The number of fused-ring (bicyclic) bond motifs is 5. The number of benzene rings is 1. The highest BCUT2D eigenvalue weighted by atomic mass is 16.5. The number of carbonyl (C=O) groups excluding carboxylic acids is 1. The van der Waals surface area contributed by atoms with Crippen LogP contribution in [0.25, 0.3) is 0 Å². The van der Waals surface area contributed by atoms with Crippen LogP contribution in [-0.4, -0.2) is 19.1 Å². The number of hydrogen-bond acceptors (Lipinski definition) is 4. The minimum atomic E-state index is -0.252. The van der Waals surface area contributed by atoms with Gasteiger partial charge in [-0.15, -0.1) is 0 Å². The fourth-order valence-electron chi connectivity index (χ4n) is 9.85. The highest BCUT2D eigenvalue weighted by molar-refractivity contribution is 5.92. The van der Waals surface area contributed by atoms with E-state index in [2.05, 4.69) is 52.1 Å². The Hall–Kier alpha value is -1.97. The third-order valence-electron chi connectivity index (χ3n) is 12.1. The molecule has 4 nitrogen and oxygen atoms in total. The molecule has 9 unspecified atom stereocenters. The zero-order valence-electron chi connectivity index (χ0n) is 27.5. The SMILES string of the molecule is CC.CNc1cc(N)cc(C(=O)OC2CCC3(C)C(C=CC4C3CCC3(C)C(C(C)CCCC(C)C)CCC43)C2)c1. The summed E-state index contributed by atoms with van der Waals surface area (Å²) in [5.41, 5.74) is 8.79. The minimum absolute atomic E-state index is 0.0207. The molecule has 4 aliphatic carbocycles. The van der Waals surface area contributed by atoms with Gasteiger partial charge in [0, 0.05) is 18.4 Å². The van der Waals surface area contributed by atoms with Crippen molar-refractivity contribution in [3.8, 4) is 0 Å². The molecule has 0 bridgehead atoms. The second kappa shape index (κ2) is 13.1. The van der Waals surface area contributed by atoms with Gasteiger partial charge in [-0.25, -0.2) is 4.79 Å². The van der Waals surface area contributed by atoms with E-state index in [4.69, 9.17) is 10.5 Å². The molecule has 9 atom stereocenters. The minimum Gasteiger partial charge on any atom is -0.459 e. The fourth-order valence-corrected chi connectivity index (χ4v) is 9.85. The standard InChI is InChI=1S/C35H54N2O2.C2H6/c1-22(2)8-7-9-23(3)30-12-13-31-29-11-10-25-20-28(14-16-34(25,4)32(29)15-17-35(30,31)5)39-33(38)24-18-26(36)21-27(19-24)37-6;1-2/h10-11,18-19,21-23,25,28-32,37H,7-9,12-17,20,36H2,1-6H3;1-2H3. The third kappa shape index (κ3) is 6.37. The quantitative estimate of drug-likeness (QED) is 0.187. The molecule has 1 aromatic carbocycles. The maximum absolute atomic E-state index is 13.0. The Morgan fingerprint density at radius 1 is 0.976 bits per heavy atom. The molecule has 4 aliphatic rings. The Morgan fingerprint density at radius 2 is 1.68 bits per heavy atom. The third-order valence-corrected chi connectivity index (χ3v) is 12.1. The van der Waals surface area contributed by atoms with Crippen molar-refractivity contribution in [2.24, 2.45) is 52.3 Å². The largest absolute Gasteiger partial charge is 0.459 e. The summed E-state index contributed by atoms with van der Waals surface area (Å²) in [4.78, 5) is 13.0. The van der Waals surface area contributed by atoms with Gasteiger partial charge >= 0.3 is 5.97 Å². The monoisotopic (exact) mass is 564 g/mol. The van der Waals surface area contributed by atoms with Crippen molar-refractivity contribution in [3.05, 3.63) is 35.9 Å². The first kappa shape index (κ1) is 32.0. The molecule has 0 aliphatic heterocycles. The van der Waals surface area contributed by atoms with Crippen LogP contribution in [0, 0.1) is 52.3 Å². The van der Waals surface area contributed by atoms with Crippen LogP contribution in [0.5, 0.6) is 0 Å². The Balaban J connectivity index is 0.00000189. The van der Waals surface area contributed by atoms with Crippen LogP contribution in [0.3, 0.4) is 0 Å². The maximum atomic E-state index is 13.0. The number of rotatable bonds is 8. The van der Waals surface area contributed by atoms with Gasteiger partial charge in [-0.1, -0.05) is 79.9 Å². The van der Waals surface area contributed by atoms with Gasteiger partial charge in [0.1, 0.15) is 6.10 Å². The topological polar surface area (TPSA) is 64.3 Å². The molecule has 0 spiro atoms. The van der Waals surface area contributed by atoms with Crippen molar-refractivity contribution in [2.45, 2.75) is 119 Å². The number of ether oxygens (including phenoxy) is 1. The van der Waals surface area contributed by atoms with Gasteiger partial charge in [0.15, 0.2) is 0 Å². The lowest BCUT2D eigenvalue weighted by molar-refractivity contribution is -0.0844. The van der Waals surface area contributed by atoms with Crippen LogP contribution in [0.15, 0.2) is 30.4 Å². The Labute approximate surface area is 251 Å². The molecule has 0 amide bonds. The van der Waals surface area contributed by atoms with Crippen LogP contribution in [0.4, 0.5) is 11.4 Å². The van der Waals surface area contributed by atoms with E-state index in [9.17, 15) is 4.79 Å². The molecule has 1 aromatic rings. The zero-order valence-corrected chi connectivity index (χ0v) is 27.5. The second-order valence-electron chi connectivity index (χ2n) is 14.7. The van der Waals surface area contributed by atoms with Gasteiger partial charge in [0.25, 0.3) is 0 Å². The average molecular weight is 565 g/mol. The molecule has 3 saturated carbocycles.